The minimum absolute atomic E-state index is 0.136. The molecule has 0 bridgehead atoms. The normalized spacial score (nSPS) is 15.4. The lowest BCUT2D eigenvalue weighted by Gasteiger charge is -2.26. The second kappa shape index (κ2) is 5.05. The van der Waals surface area contributed by atoms with Crippen LogP contribution in [0, 0.1) is 10.1 Å². The average molecular weight is 264 g/mol. The topological polar surface area (TPSA) is 101 Å². The van der Waals surface area contributed by atoms with Gasteiger partial charge in [0.2, 0.25) is 5.91 Å². The van der Waals surface area contributed by atoms with Crippen molar-refractivity contribution < 1.29 is 19.6 Å². The van der Waals surface area contributed by atoms with E-state index in [0.717, 1.165) is 18.9 Å². The van der Waals surface area contributed by atoms with Gasteiger partial charge in [0.05, 0.1) is 16.2 Å². The van der Waals surface area contributed by atoms with E-state index in [1.807, 2.05) is 0 Å². The van der Waals surface area contributed by atoms with Crippen LogP contribution in [0.2, 0.25) is 0 Å². The number of anilines is 1. The van der Waals surface area contributed by atoms with E-state index >= 15 is 0 Å². The lowest BCUT2D eigenvalue weighted by atomic mass is 10.1. The molecule has 0 saturated carbocycles. The fourth-order valence-corrected chi connectivity index (χ4v) is 2.06. The summed E-state index contributed by atoms with van der Waals surface area (Å²) in [5, 5.41) is 19.8. The fourth-order valence-electron chi connectivity index (χ4n) is 2.06. The number of hydrogen-bond acceptors (Lipinski definition) is 4. The number of carbonyl (C=O) groups excluding carboxylic acids is 1. The Hall–Kier alpha value is -2.44. The van der Waals surface area contributed by atoms with Crippen LogP contribution in [0.25, 0.3) is 0 Å². The number of nitro benzene ring substituents is 1. The van der Waals surface area contributed by atoms with Crippen molar-refractivity contribution in [3.63, 3.8) is 0 Å². The number of carboxylic acid groups (broad SMARTS) is 1. The molecule has 0 unspecified atom stereocenters. The van der Waals surface area contributed by atoms with Crippen LogP contribution in [0.1, 0.15) is 29.6 Å². The van der Waals surface area contributed by atoms with E-state index < -0.39 is 10.9 Å². The van der Waals surface area contributed by atoms with Crippen LogP contribution in [-0.2, 0) is 4.79 Å². The molecule has 0 spiro atoms. The molecule has 19 heavy (non-hydrogen) atoms. The smallest absolute Gasteiger partial charge is 0.336 e. The first-order chi connectivity index (χ1) is 8.99. The van der Waals surface area contributed by atoms with Gasteiger partial charge in [0.25, 0.3) is 5.69 Å². The van der Waals surface area contributed by atoms with Gasteiger partial charge in [-0.15, -0.1) is 0 Å². The van der Waals surface area contributed by atoms with E-state index in [-0.39, 0.29) is 22.8 Å². The number of non-ortho nitro benzene ring substituents is 1. The third-order valence-corrected chi connectivity index (χ3v) is 3.00. The molecule has 7 heteroatoms. The lowest BCUT2D eigenvalue weighted by molar-refractivity contribution is -0.384. The molecule has 1 aliphatic rings. The van der Waals surface area contributed by atoms with E-state index in [2.05, 4.69) is 0 Å². The van der Waals surface area contributed by atoms with Crippen molar-refractivity contribution in [2.75, 3.05) is 11.4 Å². The van der Waals surface area contributed by atoms with Gasteiger partial charge in [0, 0.05) is 25.1 Å². The predicted octanol–water partition coefficient (Wildman–Crippen LogP) is 1.81. The summed E-state index contributed by atoms with van der Waals surface area (Å²) in [6, 6.07) is 3.51. The molecule has 1 heterocycles. The van der Waals surface area contributed by atoms with E-state index in [4.69, 9.17) is 5.11 Å². The van der Waals surface area contributed by atoms with Gasteiger partial charge in [-0.25, -0.2) is 4.79 Å². The zero-order valence-corrected chi connectivity index (χ0v) is 10.0. The zero-order chi connectivity index (χ0) is 14.0. The first kappa shape index (κ1) is 13.0. The van der Waals surface area contributed by atoms with Crippen molar-refractivity contribution in [1.82, 2.24) is 0 Å². The van der Waals surface area contributed by atoms with Crippen molar-refractivity contribution in [3.8, 4) is 0 Å². The Morgan fingerprint density at radius 3 is 2.63 bits per heavy atom. The second-order valence-electron chi connectivity index (χ2n) is 4.30. The minimum atomic E-state index is -1.26. The molecule has 1 amide bonds. The Kier molecular flexibility index (Phi) is 3.46. The van der Waals surface area contributed by atoms with Gasteiger partial charge < -0.3 is 10.0 Å². The van der Waals surface area contributed by atoms with Gasteiger partial charge in [-0.3, -0.25) is 14.9 Å². The van der Waals surface area contributed by atoms with Crippen molar-refractivity contribution in [3.05, 3.63) is 33.9 Å². The number of benzene rings is 1. The number of nitrogens with zero attached hydrogens (tertiary/aromatic N) is 2. The van der Waals surface area contributed by atoms with Crippen molar-refractivity contribution >= 4 is 23.3 Å². The summed E-state index contributed by atoms with van der Waals surface area (Å²) in [6.45, 7) is 0.457. The average Bonchev–Trinajstić information content (AvgIpc) is 2.38. The van der Waals surface area contributed by atoms with Gasteiger partial charge in [-0.1, -0.05) is 0 Å². The summed E-state index contributed by atoms with van der Waals surface area (Å²) < 4.78 is 0. The van der Waals surface area contributed by atoms with Crippen LogP contribution in [0.3, 0.4) is 0 Å². The largest absolute Gasteiger partial charge is 0.478 e. The molecule has 1 saturated heterocycles. The molecule has 1 fully saturated rings. The highest BCUT2D eigenvalue weighted by molar-refractivity contribution is 5.97. The summed E-state index contributed by atoms with van der Waals surface area (Å²) in [6.07, 6.45) is 1.97. The first-order valence-corrected chi connectivity index (χ1v) is 5.82. The number of carbonyl (C=O) groups is 2. The molecule has 100 valence electrons. The maximum Gasteiger partial charge on any atom is 0.336 e. The van der Waals surface area contributed by atoms with E-state index in [1.54, 1.807) is 0 Å². The van der Waals surface area contributed by atoms with Gasteiger partial charge >= 0.3 is 5.97 Å². The van der Waals surface area contributed by atoms with Crippen LogP contribution in [0.4, 0.5) is 11.4 Å². The molecule has 0 radical (unpaired) electrons. The number of carboxylic acids is 1. The SMILES string of the molecule is O=C(O)c1cc(N2CCCCC2=O)cc([N+](=O)[O-])c1. The molecule has 0 atom stereocenters. The maximum absolute atomic E-state index is 11.8. The Labute approximate surface area is 108 Å². The summed E-state index contributed by atoms with van der Waals surface area (Å²) in [4.78, 5) is 34.3. The first-order valence-electron chi connectivity index (χ1n) is 5.82. The lowest BCUT2D eigenvalue weighted by Crippen LogP contribution is -2.35. The molecule has 1 aliphatic heterocycles. The Morgan fingerprint density at radius 1 is 1.32 bits per heavy atom. The van der Waals surface area contributed by atoms with Gasteiger partial charge in [-0.2, -0.15) is 0 Å². The number of amides is 1. The molecule has 7 nitrogen and oxygen atoms in total. The van der Waals surface area contributed by atoms with Gasteiger partial charge in [-0.05, 0) is 18.9 Å². The van der Waals surface area contributed by atoms with Crippen molar-refractivity contribution in [2.45, 2.75) is 19.3 Å². The Bertz CT molecular complexity index is 523. The van der Waals surface area contributed by atoms with Crippen LogP contribution < -0.4 is 4.90 Å². The molecular formula is C12H12N2O5. The summed E-state index contributed by atoms with van der Waals surface area (Å²) >= 11 is 0. The highest BCUT2D eigenvalue weighted by Crippen LogP contribution is 2.27. The van der Waals surface area contributed by atoms with E-state index in [9.17, 15) is 19.7 Å². The monoisotopic (exact) mass is 264 g/mol. The molecule has 1 N–H and O–H groups in total. The molecular weight excluding hydrogens is 252 g/mol. The predicted molar refractivity (Wildman–Crippen MR) is 66.3 cm³/mol. The molecule has 1 aromatic rings. The van der Waals surface area contributed by atoms with E-state index in [0.29, 0.717) is 13.0 Å². The van der Waals surface area contributed by atoms with Crippen LogP contribution in [0.15, 0.2) is 18.2 Å². The number of piperidine rings is 1. The standard InChI is InChI=1S/C12H12N2O5/c15-11-3-1-2-4-13(11)9-5-8(12(16)17)6-10(7-9)14(18)19/h5-7H,1-4H2,(H,16,17). The minimum Gasteiger partial charge on any atom is -0.478 e. The number of aromatic carboxylic acids is 1. The molecule has 0 aromatic heterocycles. The van der Waals surface area contributed by atoms with Crippen LogP contribution in [-0.4, -0.2) is 28.5 Å². The highest BCUT2D eigenvalue weighted by atomic mass is 16.6. The Balaban J connectivity index is 2.46. The molecule has 2 rings (SSSR count). The van der Waals surface area contributed by atoms with E-state index in [1.165, 1.54) is 17.0 Å². The quantitative estimate of drug-likeness (QED) is 0.662. The number of hydrogen-bond donors (Lipinski definition) is 1. The fraction of sp³-hybridized carbons (Fsp3) is 0.333. The van der Waals surface area contributed by atoms with Crippen LogP contribution >= 0.6 is 0 Å². The second-order valence-corrected chi connectivity index (χ2v) is 4.30. The highest BCUT2D eigenvalue weighted by Gasteiger charge is 2.23. The van der Waals surface area contributed by atoms with Gasteiger partial charge in [0.1, 0.15) is 0 Å². The van der Waals surface area contributed by atoms with Crippen molar-refractivity contribution in [1.29, 1.82) is 0 Å². The third kappa shape index (κ3) is 2.70. The summed E-state index contributed by atoms with van der Waals surface area (Å²) in [5.74, 6) is -1.39. The van der Waals surface area contributed by atoms with Crippen molar-refractivity contribution in [2.24, 2.45) is 0 Å². The summed E-state index contributed by atoms with van der Waals surface area (Å²) in [5.41, 5.74) is -0.243. The number of rotatable bonds is 3. The van der Waals surface area contributed by atoms with Crippen LogP contribution in [0.5, 0.6) is 0 Å². The Morgan fingerprint density at radius 2 is 2.05 bits per heavy atom. The number of nitro groups is 1. The zero-order valence-electron chi connectivity index (χ0n) is 10.0. The maximum atomic E-state index is 11.8. The molecule has 1 aromatic carbocycles. The summed E-state index contributed by atoms with van der Waals surface area (Å²) in [7, 11) is 0. The third-order valence-electron chi connectivity index (χ3n) is 3.00. The molecule has 0 aliphatic carbocycles. The van der Waals surface area contributed by atoms with Gasteiger partial charge in [0.15, 0.2) is 0 Å².